The van der Waals surface area contributed by atoms with Gasteiger partial charge in [-0.25, -0.2) is 5.01 Å². The first kappa shape index (κ1) is 29.2. The van der Waals surface area contributed by atoms with Crippen LogP contribution in [0.5, 0.6) is 0 Å². The van der Waals surface area contributed by atoms with Crippen LogP contribution in [0.4, 0.5) is 13.2 Å². The molecule has 2 aliphatic heterocycles. The van der Waals surface area contributed by atoms with E-state index in [2.05, 4.69) is 10.0 Å². The Balaban J connectivity index is 1.40. The third kappa shape index (κ3) is 6.98. The van der Waals surface area contributed by atoms with Crippen molar-refractivity contribution < 1.29 is 27.5 Å². The summed E-state index contributed by atoms with van der Waals surface area (Å²) in [5.74, 6) is -0.944. The SMILES string of the molecule is O=C(c1ccc(C(F)(F)F)cc1)N(CCN1CCOCC1)CC(=O)N1N=C(c2cccs2)CC1c1ccccc1Cl. The number of carbonyl (C=O) groups is 2. The molecular weight excluding hydrogens is 577 g/mol. The third-order valence-corrected chi connectivity index (χ3v) is 8.36. The molecule has 1 unspecified atom stereocenters. The van der Waals surface area contributed by atoms with E-state index < -0.39 is 29.6 Å². The van der Waals surface area contributed by atoms with Crippen LogP contribution in [-0.4, -0.2) is 78.3 Å². The second-order valence-electron chi connectivity index (χ2n) is 9.76. The molecule has 0 N–H and O–H groups in total. The Morgan fingerprint density at radius 1 is 1.05 bits per heavy atom. The lowest BCUT2D eigenvalue weighted by molar-refractivity contribution is -0.137. The van der Waals surface area contributed by atoms with E-state index in [1.807, 2.05) is 35.7 Å². The smallest absolute Gasteiger partial charge is 0.379 e. The van der Waals surface area contributed by atoms with Crippen LogP contribution in [0.15, 0.2) is 71.1 Å². The molecule has 1 atom stereocenters. The number of amides is 2. The maximum atomic E-state index is 13.8. The molecule has 3 heterocycles. The standard InChI is InChI=1S/C29H28ClF3N4O3S/c30-23-5-2-1-4-22(23)25-18-24(26-6-3-17-41-26)34-37(25)27(38)19-36(12-11-35-13-15-40-16-14-35)28(39)20-7-9-21(10-8-20)29(31,32)33/h1-10,17,25H,11-16,18-19H2. The summed E-state index contributed by atoms with van der Waals surface area (Å²) in [7, 11) is 0. The molecule has 0 radical (unpaired) electrons. The Hall–Kier alpha value is -3.25. The molecule has 0 spiro atoms. The largest absolute Gasteiger partial charge is 0.416 e. The second kappa shape index (κ2) is 12.7. The third-order valence-electron chi connectivity index (χ3n) is 7.10. The number of hydrogen-bond acceptors (Lipinski definition) is 6. The fourth-order valence-electron chi connectivity index (χ4n) is 4.88. The summed E-state index contributed by atoms with van der Waals surface area (Å²) >= 11 is 8.03. The minimum Gasteiger partial charge on any atom is -0.379 e. The van der Waals surface area contributed by atoms with Crippen LogP contribution in [0.1, 0.15) is 38.8 Å². The number of thiophene rings is 1. The van der Waals surface area contributed by atoms with Gasteiger partial charge < -0.3 is 9.64 Å². The van der Waals surface area contributed by atoms with Crippen LogP contribution in [-0.2, 0) is 15.7 Å². The molecule has 1 saturated heterocycles. The normalized spacial score (nSPS) is 17.9. The predicted octanol–water partition coefficient (Wildman–Crippen LogP) is 5.57. The van der Waals surface area contributed by atoms with Gasteiger partial charge in [-0.1, -0.05) is 35.9 Å². The number of hydrogen-bond donors (Lipinski definition) is 0. The molecule has 0 saturated carbocycles. The van der Waals surface area contributed by atoms with Crippen LogP contribution in [0.25, 0.3) is 0 Å². The highest BCUT2D eigenvalue weighted by Crippen LogP contribution is 2.37. The number of alkyl halides is 3. The number of rotatable bonds is 8. The van der Waals surface area contributed by atoms with Gasteiger partial charge in [0.25, 0.3) is 11.8 Å². The Bertz CT molecular complexity index is 1390. The molecule has 5 rings (SSSR count). The maximum absolute atomic E-state index is 13.8. The van der Waals surface area contributed by atoms with E-state index >= 15 is 0 Å². The van der Waals surface area contributed by atoms with Crippen LogP contribution in [0, 0.1) is 0 Å². The van der Waals surface area contributed by atoms with E-state index in [-0.39, 0.29) is 18.7 Å². The molecule has 1 fully saturated rings. The Kier molecular flexibility index (Phi) is 9.08. The zero-order valence-electron chi connectivity index (χ0n) is 22.0. The highest BCUT2D eigenvalue weighted by molar-refractivity contribution is 7.12. The minimum atomic E-state index is -4.52. The monoisotopic (exact) mass is 604 g/mol. The van der Waals surface area contributed by atoms with Gasteiger partial charge in [-0.05, 0) is 47.3 Å². The zero-order chi connectivity index (χ0) is 29.0. The fourth-order valence-corrected chi connectivity index (χ4v) is 5.86. The molecule has 7 nitrogen and oxygen atoms in total. The van der Waals surface area contributed by atoms with Gasteiger partial charge in [0.15, 0.2) is 0 Å². The summed E-state index contributed by atoms with van der Waals surface area (Å²) in [5.41, 5.74) is 0.707. The van der Waals surface area contributed by atoms with Crippen molar-refractivity contribution in [1.82, 2.24) is 14.8 Å². The summed E-state index contributed by atoms with van der Waals surface area (Å²) in [6, 6.07) is 14.7. The molecule has 41 heavy (non-hydrogen) atoms. The van der Waals surface area contributed by atoms with Crippen molar-refractivity contribution in [2.75, 3.05) is 45.9 Å². The number of halogens is 4. The van der Waals surface area contributed by atoms with Crippen molar-refractivity contribution in [2.45, 2.75) is 18.6 Å². The van der Waals surface area contributed by atoms with Gasteiger partial charge in [-0.2, -0.15) is 18.3 Å². The number of hydrazone groups is 1. The molecule has 2 amide bonds. The summed E-state index contributed by atoms with van der Waals surface area (Å²) in [6.45, 7) is 2.90. The van der Waals surface area contributed by atoms with Gasteiger partial charge in [-0.3, -0.25) is 14.5 Å². The quantitative estimate of drug-likeness (QED) is 0.337. The Morgan fingerprint density at radius 3 is 2.44 bits per heavy atom. The second-order valence-corrected chi connectivity index (χ2v) is 11.1. The number of ether oxygens (including phenoxy) is 1. The zero-order valence-corrected chi connectivity index (χ0v) is 23.6. The van der Waals surface area contributed by atoms with Crippen molar-refractivity contribution in [3.05, 3.63) is 92.6 Å². The molecule has 2 aliphatic rings. The van der Waals surface area contributed by atoms with Crippen LogP contribution < -0.4 is 0 Å². The first-order valence-electron chi connectivity index (χ1n) is 13.1. The predicted molar refractivity (Wildman–Crippen MR) is 151 cm³/mol. The minimum absolute atomic E-state index is 0.0691. The molecular formula is C29H28ClF3N4O3S. The van der Waals surface area contributed by atoms with Crippen molar-refractivity contribution in [3.8, 4) is 0 Å². The van der Waals surface area contributed by atoms with Crippen LogP contribution >= 0.6 is 22.9 Å². The van der Waals surface area contributed by atoms with Gasteiger partial charge in [0.2, 0.25) is 0 Å². The number of carbonyl (C=O) groups excluding carboxylic acids is 2. The average molecular weight is 605 g/mol. The van der Waals surface area contributed by atoms with E-state index in [1.165, 1.54) is 21.2 Å². The fraction of sp³-hybridized carbons (Fsp3) is 0.345. The lowest BCUT2D eigenvalue weighted by Crippen LogP contribution is -2.46. The van der Waals surface area contributed by atoms with Gasteiger partial charge in [0.1, 0.15) is 6.54 Å². The first-order valence-corrected chi connectivity index (χ1v) is 14.4. The van der Waals surface area contributed by atoms with Gasteiger partial charge in [0, 0.05) is 43.2 Å². The van der Waals surface area contributed by atoms with Crippen molar-refractivity contribution in [2.24, 2.45) is 5.10 Å². The number of benzene rings is 2. The molecule has 2 aromatic carbocycles. The van der Waals surface area contributed by atoms with Gasteiger partial charge in [-0.15, -0.1) is 11.3 Å². The summed E-state index contributed by atoms with van der Waals surface area (Å²) < 4.78 is 44.7. The lowest BCUT2D eigenvalue weighted by Gasteiger charge is -2.31. The lowest BCUT2D eigenvalue weighted by atomic mass is 10.0. The average Bonchev–Trinajstić information content (AvgIpc) is 3.66. The Labute approximate surface area is 244 Å². The van der Waals surface area contributed by atoms with Gasteiger partial charge in [0.05, 0.1) is 35.4 Å². The van der Waals surface area contributed by atoms with Gasteiger partial charge >= 0.3 is 6.18 Å². The molecule has 1 aromatic heterocycles. The Morgan fingerprint density at radius 2 is 1.78 bits per heavy atom. The van der Waals surface area contributed by atoms with Crippen LogP contribution in [0.3, 0.4) is 0 Å². The highest BCUT2D eigenvalue weighted by atomic mass is 35.5. The van der Waals surface area contributed by atoms with E-state index in [0.717, 1.165) is 40.4 Å². The molecule has 12 heteroatoms. The first-order chi connectivity index (χ1) is 19.7. The summed E-state index contributed by atoms with van der Waals surface area (Å²) in [4.78, 5) is 31.8. The van der Waals surface area contributed by atoms with Crippen LogP contribution in [0.2, 0.25) is 5.02 Å². The van der Waals surface area contributed by atoms with Crippen molar-refractivity contribution in [1.29, 1.82) is 0 Å². The van der Waals surface area contributed by atoms with E-state index in [1.54, 1.807) is 6.07 Å². The van der Waals surface area contributed by atoms with Crippen molar-refractivity contribution >= 4 is 40.5 Å². The molecule has 216 valence electrons. The van der Waals surface area contributed by atoms with E-state index in [9.17, 15) is 22.8 Å². The summed E-state index contributed by atoms with van der Waals surface area (Å²) in [6.07, 6.45) is -4.06. The molecule has 0 bridgehead atoms. The van der Waals surface area contributed by atoms with Crippen molar-refractivity contribution in [3.63, 3.8) is 0 Å². The molecule has 0 aliphatic carbocycles. The highest BCUT2D eigenvalue weighted by Gasteiger charge is 2.36. The van der Waals surface area contributed by atoms with E-state index in [4.69, 9.17) is 16.3 Å². The number of nitrogens with zero attached hydrogens (tertiary/aromatic N) is 4. The topological polar surface area (TPSA) is 65.5 Å². The maximum Gasteiger partial charge on any atom is 0.416 e. The number of morpholine rings is 1. The summed E-state index contributed by atoms with van der Waals surface area (Å²) in [5, 5.41) is 8.49. The van der Waals surface area contributed by atoms with E-state index in [0.29, 0.717) is 44.3 Å². The molecule has 3 aromatic rings.